The second kappa shape index (κ2) is 13.0. The zero-order valence-corrected chi connectivity index (χ0v) is 38.1. The molecule has 0 radical (unpaired) electrons. The maximum Gasteiger partial charge on any atom is 0.115 e. The van der Waals surface area contributed by atoms with E-state index in [9.17, 15) is 0 Å². The molecule has 0 atom stereocenters. The number of hydrogen-bond acceptors (Lipinski definition) is 4. The number of nitrogens with zero attached hydrogens (tertiary/aromatic N) is 1. The molecule has 0 fully saturated rings. The first-order valence-corrected chi connectivity index (χ1v) is 26.4. The SMILES string of the molecule is CC1(C)c2ccccc2-c2c1ccc1c2Sc2c(cccc2-c2cc(-c3ccc4c(c3)C(C)(C)c3ccc5c(c3-4)Sc3ccccc3[Si]5(C)C)c(-c3ccccc3)cn2)S1. The molecule has 5 heteroatoms. The van der Waals surface area contributed by atoms with Crippen molar-refractivity contribution in [2.75, 3.05) is 0 Å². The van der Waals surface area contributed by atoms with Crippen LogP contribution in [0.2, 0.25) is 13.1 Å². The summed E-state index contributed by atoms with van der Waals surface area (Å²) in [5, 5.41) is 3.11. The highest BCUT2D eigenvalue weighted by Crippen LogP contribution is 2.60. The lowest BCUT2D eigenvalue weighted by molar-refractivity contribution is 0.659. The molecule has 3 heterocycles. The molecule has 1 aromatic heterocycles. The predicted molar refractivity (Wildman–Crippen MR) is 258 cm³/mol. The van der Waals surface area contributed by atoms with Crippen molar-refractivity contribution < 1.29 is 0 Å². The minimum absolute atomic E-state index is 0.0383. The number of fused-ring (bicyclic) bond motifs is 12. The van der Waals surface area contributed by atoms with Crippen LogP contribution >= 0.6 is 35.3 Å². The Morgan fingerprint density at radius 2 is 1.08 bits per heavy atom. The van der Waals surface area contributed by atoms with E-state index in [1.165, 1.54) is 96.1 Å². The fourth-order valence-electron chi connectivity index (χ4n) is 10.6. The van der Waals surface area contributed by atoms with Gasteiger partial charge in [0.2, 0.25) is 0 Å². The van der Waals surface area contributed by atoms with E-state index in [1.54, 1.807) is 10.4 Å². The number of pyridine rings is 1. The minimum atomic E-state index is -1.88. The van der Waals surface area contributed by atoms with Crippen molar-refractivity contribution in [1.82, 2.24) is 4.98 Å². The van der Waals surface area contributed by atoms with Gasteiger partial charge in [-0.15, -0.1) is 0 Å². The maximum absolute atomic E-state index is 5.30. The van der Waals surface area contributed by atoms with Crippen molar-refractivity contribution in [3.05, 3.63) is 174 Å². The van der Waals surface area contributed by atoms with Crippen LogP contribution in [0.3, 0.4) is 0 Å². The third kappa shape index (κ3) is 5.13. The average Bonchev–Trinajstić information content (AvgIpc) is 3.65. The van der Waals surface area contributed by atoms with Crippen LogP contribution in [0.25, 0.3) is 55.8 Å². The van der Waals surface area contributed by atoms with E-state index in [-0.39, 0.29) is 10.8 Å². The second-order valence-corrected chi connectivity index (χ2v) is 25.8. The van der Waals surface area contributed by atoms with Gasteiger partial charge < -0.3 is 0 Å². The van der Waals surface area contributed by atoms with Gasteiger partial charge in [0.15, 0.2) is 0 Å². The van der Waals surface area contributed by atoms with Crippen molar-refractivity contribution in [2.24, 2.45) is 0 Å². The lowest BCUT2D eigenvalue weighted by Gasteiger charge is -2.34. The van der Waals surface area contributed by atoms with Gasteiger partial charge in [-0.3, -0.25) is 4.98 Å². The van der Waals surface area contributed by atoms with E-state index in [1.807, 2.05) is 35.3 Å². The average molecular weight is 842 g/mol. The molecule has 2 aliphatic carbocycles. The summed E-state index contributed by atoms with van der Waals surface area (Å²) in [7, 11) is -1.88. The second-order valence-electron chi connectivity index (χ2n) is 18.3. The molecule has 12 rings (SSSR count). The number of rotatable bonds is 3. The van der Waals surface area contributed by atoms with Crippen LogP contribution in [0.15, 0.2) is 181 Å². The van der Waals surface area contributed by atoms with Crippen molar-refractivity contribution in [1.29, 1.82) is 0 Å². The molecule has 0 bridgehead atoms. The summed E-state index contributed by atoms with van der Waals surface area (Å²) in [6, 6.07) is 55.0. The largest absolute Gasteiger partial charge is 0.256 e. The molecule has 0 saturated heterocycles. The van der Waals surface area contributed by atoms with Crippen molar-refractivity contribution >= 4 is 53.7 Å². The summed E-state index contributed by atoms with van der Waals surface area (Å²) in [5.74, 6) is 0. The Balaban J connectivity index is 1.00. The smallest absolute Gasteiger partial charge is 0.115 e. The fourth-order valence-corrected chi connectivity index (χ4v) is 18.8. The van der Waals surface area contributed by atoms with E-state index in [0.717, 1.165) is 11.3 Å². The predicted octanol–water partition coefficient (Wildman–Crippen LogP) is 14.6. The van der Waals surface area contributed by atoms with Crippen LogP contribution in [-0.2, 0) is 10.8 Å². The zero-order valence-electron chi connectivity index (χ0n) is 34.6. The van der Waals surface area contributed by atoms with E-state index >= 15 is 0 Å². The molecule has 4 aliphatic rings. The third-order valence-corrected chi connectivity index (χ3v) is 21.6. The molecule has 0 amide bonds. The van der Waals surface area contributed by atoms with E-state index in [4.69, 9.17) is 4.98 Å². The van der Waals surface area contributed by atoms with E-state index in [0.29, 0.717) is 0 Å². The van der Waals surface area contributed by atoms with Crippen molar-refractivity contribution in [3.63, 3.8) is 0 Å². The first-order valence-electron chi connectivity index (χ1n) is 20.9. The van der Waals surface area contributed by atoms with Crippen molar-refractivity contribution in [2.45, 2.75) is 81.0 Å². The molecule has 0 unspecified atom stereocenters. The molecule has 2 aliphatic heterocycles. The van der Waals surface area contributed by atoms with Gasteiger partial charge >= 0.3 is 0 Å². The Kier molecular flexibility index (Phi) is 7.96. The molecular formula is C55H43NS3Si. The Morgan fingerprint density at radius 3 is 1.93 bits per heavy atom. The van der Waals surface area contributed by atoms with E-state index in [2.05, 4.69) is 193 Å². The lowest BCUT2D eigenvalue weighted by Crippen LogP contribution is -2.56. The van der Waals surface area contributed by atoms with Gasteiger partial charge in [0.05, 0.1) is 5.69 Å². The number of hydrogen-bond donors (Lipinski definition) is 0. The summed E-state index contributed by atoms with van der Waals surface area (Å²) in [5.41, 5.74) is 18.0. The molecule has 0 saturated carbocycles. The minimum Gasteiger partial charge on any atom is -0.256 e. The van der Waals surface area contributed by atoms with Gasteiger partial charge in [0.1, 0.15) is 8.07 Å². The standard InChI is InChI=1S/C55H43NS3Si/c1-54(2)39-19-11-10-17-34(39)49-40(54)25-27-46-52(49)59-51-36(18-14-21-45(51)57-46)43-30-37(38(31-56-43)32-15-8-7-9-16-32)33-23-24-35-42(29-33)55(3,4)41-26-28-48-53(50(35)41)58-44-20-12-13-22-47(44)60(48,5)6/h7-31H,1-6H3. The summed E-state index contributed by atoms with van der Waals surface area (Å²) < 4.78 is 0. The molecule has 290 valence electrons. The Labute approximate surface area is 367 Å². The molecule has 1 nitrogen and oxygen atoms in total. The first kappa shape index (κ1) is 36.8. The highest BCUT2D eigenvalue weighted by molar-refractivity contribution is 8.05. The number of aromatic nitrogens is 1. The maximum atomic E-state index is 5.30. The molecule has 0 N–H and O–H groups in total. The van der Waals surface area contributed by atoms with E-state index < -0.39 is 8.07 Å². The Hall–Kier alpha value is -5.04. The summed E-state index contributed by atoms with van der Waals surface area (Å²) in [6.07, 6.45) is 2.12. The van der Waals surface area contributed by atoms with Crippen LogP contribution in [-0.4, -0.2) is 13.1 Å². The monoisotopic (exact) mass is 841 g/mol. The van der Waals surface area contributed by atoms with Gasteiger partial charge in [0, 0.05) is 63.1 Å². The van der Waals surface area contributed by atoms with Gasteiger partial charge in [-0.1, -0.05) is 191 Å². The zero-order chi connectivity index (χ0) is 40.7. The summed E-state index contributed by atoms with van der Waals surface area (Å²) >= 11 is 5.82. The van der Waals surface area contributed by atoms with Gasteiger partial charge in [-0.2, -0.15) is 0 Å². The summed E-state index contributed by atoms with van der Waals surface area (Å²) in [6.45, 7) is 14.6. The Bertz CT molecular complexity index is 3160. The van der Waals surface area contributed by atoms with Crippen LogP contribution in [0.5, 0.6) is 0 Å². The van der Waals surface area contributed by atoms with Crippen LogP contribution in [0.1, 0.15) is 49.9 Å². The lowest BCUT2D eigenvalue weighted by atomic mass is 9.81. The highest BCUT2D eigenvalue weighted by atomic mass is 32.2. The fraction of sp³-hybridized carbons (Fsp3) is 0.145. The van der Waals surface area contributed by atoms with Crippen molar-refractivity contribution in [3.8, 4) is 55.8 Å². The molecule has 8 aromatic rings. The van der Waals surface area contributed by atoms with Crippen LogP contribution < -0.4 is 10.4 Å². The quantitative estimate of drug-likeness (QED) is 0.164. The van der Waals surface area contributed by atoms with Gasteiger partial charge in [-0.25, -0.2) is 0 Å². The van der Waals surface area contributed by atoms with Crippen LogP contribution in [0.4, 0.5) is 0 Å². The number of benzene rings is 7. The van der Waals surface area contributed by atoms with Gasteiger partial charge in [-0.05, 0) is 96.3 Å². The van der Waals surface area contributed by atoms with Crippen LogP contribution in [0, 0.1) is 0 Å². The molecule has 60 heavy (non-hydrogen) atoms. The normalized spacial score (nSPS) is 16.4. The molecular weight excluding hydrogens is 799 g/mol. The molecule has 0 spiro atoms. The first-order chi connectivity index (χ1) is 29.0. The molecule has 7 aromatic carbocycles. The summed E-state index contributed by atoms with van der Waals surface area (Å²) in [4.78, 5) is 13.5. The Morgan fingerprint density at radius 1 is 0.417 bits per heavy atom. The third-order valence-electron chi connectivity index (χ3n) is 13.9. The highest BCUT2D eigenvalue weighted by Gasteiger charge is 2.43. The topological polar surface area (TPSA) is 12.9 Å². The van der Waals surface area contributed by atoms with Gasteiger partial charge in [0.25, 0.3) is 0 Å².